The molecule has 4 aliphatic rings. The van der Waals surface area contributed by atoms with Gasteiger partial charge in [0.1, 0.15) is 11.3 Å². The number of nitrogens with one attached hydrogen (secondary N) is 1. The minimum absolute atomic E-state index is 0.0535. The number of nitrogens with zero attached hydrogens (tertiary/aromatic N) is 3. The van der Waals surface area contributed by atoms with Gasteiger partial charge >= 0.3 is 0 Å². The number of hydrogen-bond donors (Lipinski definition) is 2. The van der Waals surface area contributed by atoms with Gasteiger partial charge in [-0.25, -0.2) is 0 Å². The highest BCUT2D eigenvalue weighted by Gasteiger charge is 2.63. The number of hydrogen-bond acceptors (Lipinski definition) is 5. The van der Waals surface area contributed by atoms with Crippen LogP contribution in [0.2, 0.25) is 0 Å². The lowest BCUT2D eigenvalue weighted by Gasteiger charge is -2.51. The molecule has 4 bridgehead atoms. The van der Waals surface area contributed by atoms with Crippen LogP contribution in [0.3, 0.4) is 0 Å². The van der Waals surface area contributed by atoms with Gasteiger partial charge in [0.05, 0.1) is 0 Å². The Bertz CT molecular complexity index is 1080. The van der Waals surface area contributed by atoms with E-state index < -0.39 is 5.54 Å². The van der Waals surface area contributed by atoms with Crippen LogP contribution in [0.4, 0.5) is 5.69 Å². The number of aromatic hydroxyl groups is 1. The maximum absolute atomic E-state index is 13.8. The summed E-state index contributed by atoms with van der Waals surface area (Å²) in [5, 5.41) is 12.8. The average molecular weight is 475 g/mol. The van der Waals surface area contributed by atoms with Crippen LogP contribution in [0.1, 0.15) is 37.8 Å². The summed E-state index contributed by atoms with van der Waals surface area (Å²) >= 11 is 0. The average Bonchev–Trinajstić information content (AvgIpc) is 3.13. The number of anilines is 1. The maximum Gasteiger partial charge on any atom is 0.248 e. The van der Waals surface area contributed by atoms with Gasteiger partial charge in [-0.1, -0.05) is 38.1 Å². The van der Waals surface area contributed by atoms with E-state index in [0.29, 0.717) is 30.3 Å². The molecule has 6 nitrogen and oxygen atoms in total. The first-order valence-electron chi connectivity index (χ1n) is 12.9. The van der Waals surface area contributed by atoms with Crippen molar-refractivity contribution in [3.63, 3.8) is 0 Å². The fourth-order valence-electron chi connectivity index (χ4n) is 6.62. The summed E-state index contributed by atoms with van der Waals surface area (Å²) in [4.78, 5) is 23.5. The summed E-state index contributed by atoms with van der Waals surface area (Å²) in [6.07, 6.45) is 3.94. The van der Waals surface area contributed by atoms with E-state index in [1.807, 2.05) is 12.1 Å². The standard InChI is InChI=1S/C29H38N4O2/c1-19(2)13-26-27-25-16-31-29(26,28(35)30-15-20-7-11-24(34)12-8-20)14-22(25)18-33(27)17-21-5-9-23(10-6-21)32(3)4/h5-12,16,19,22,25-27,34H,13-15,17-18H2,1-4H3,(H,30,35). The maximum atomic E-state index is 13.8. The number of phenolic OH excluding ortho intramolecular Hbond substituents is 1. The van der Waals surface area contributed by atoms with E-state index in [1.165, 1.54) is 11.3 Å². The van der Waals surface area contributed by atoms with Crippen LogP contribution in [0.15, 0.2) is 53.5 Å². The van der Waals surface area contributed by atoms with Crippen LogP contribution in [-0.2, 0) is 17.9 Å². The second-order valence-corrected chi connectivity index (χ2v) is 11.3. The van der Waals surface area contributed by atoms with Gasteiger partial charge in [-0.05, 0) is 60.1 Å². The number of likely N-dealkylation sites (tertiary alicyclic amines) is 1. The summed E-state index contributed by atoms with van der Waals surface area (Å²) in [6.45, 7) is 6.90. The van der Waals surface area contributed by atoms with Crippen LogP contribution >= 0.6 is 0 Å². The molecule has 2 N–H and O–H groups in total. The summed E-state index contributed by atoms with van der Waals surface area (Å²) in [5.41, 5.74) is 2.83. The number of rotatable bonds is 8. The number of benzene rings is 2. The third-order valence-corrected chi connectivity index (χ3v) is 8.25. The summed E-state index contributed by atoms with van der Waals surface area (Å²) in [7, 11) is 4.13. The molecule has 0 radical (unpaired) electrons. The molecule has 6 heteroatoms. The van der Waals surface area contributed by atoms with Gasteiger partial charge < -0.3 is 15.3 Å². The van der Waals surface area contributed by atoms with E-state index in [2.05, 4.69) is 73.5 Å². The van der Waals surface area contributed by atoms with Crippen molar-refractivity contribution in [1.82, 2.24) is 10.2 Å². The Labute approximate surface area is 209 Å². The Hall–Kier alpha value is -2.86. The third kappa shape index (κ3) is 4.44. The molecule has 2 aromatic carbocycles. The van der Waals surface area contributed by atoms with Crippen molar-refractivity contribution in [2.24, 2.45) is 28.7 Å². The van der Waals surface area contributed by atoms with Gasteiger partial charge in [-0.3, -0.25) is 14.7 Å². The van der Waals surface area contributed by atoms with E-state index in [4.69, 9.17) is 4.99 Å². The molecule has 3 aliphatic heterocycles. The van der Waals surface area contributed by atoms with Gasteiger partial charge in [0.2, 0.25) is 5.91 Å². The Kier molecular flexibility index (Phi) is 6.34. The molecule has 186 valence electrons. The zero-order valence-corrected chi connectivity index (χ0v) is 21.3. The molecular weight excluding hydrogens is 436 g/mol. The van der Waals surface area contributed by atoms with E-state index in [1.54, 1.807) is 12.1 Å². The zero-order chi connectivity index (χ0) is 24.7. The lowest BCUT2D eigenvalue weighted by atomic mass is 9.59. The molecule has 6 rings (SSSR count). The summed E-state index contributed by atoms with van der Waals surface area (Å²) < 4.78 is 0. The zero-order valence-electron chi connectivity index (χ0n) is 21.3. The first kappa shape index (κ1) is 23.9. The molecular formula is C29H38N4O2. The third-order valence-electron chi connectivity index (χ3n) is 8.25. The summed E-state index contributed by atoms with van der Waals surface area (Å²) in [6, 6.07) is 16.2. The van der Waals surface area contributed by atoms with Gasteiger partial charge in [0, 0.05) is 63.5 Å². The van der Waals surface area contributed by atoms with Gasteiger partial charge in [0.25, 0.3) is 0 Å². The molecule has 35 heavy (non-hydrogen) atoms. The van der Waals surface area contributed by atoms with Crippen LogP contribution in [0, 0.1) is 23.7 Å². The highest BCUT2D eigenvalue weighted by Crippen LogP contribution is 2.55. The van der Waals surface area contributed by atoms with Crippen molar-refractivity contribution in [3.8, 4) is 5.75 Å². The van der Waals surface area contributed by atoms with E-state index in [-0.39, 0.29) is 17.6 Å². The van der Waals surface area contributed by atoms with Crippen molar-refractivity contribution < 1.29 is 9.90 Å². The van der Waals surface area contributed by atoms with Gasteiger partial charge in [0.15, 0.2) is 0 Å². The first-order valence-corrected chi connectivity index (χ1v) is 12.9. The molecule has 5 atom stereocenters. The molecule has 1 amide bonds. The van der Waals surface area contributed by atoms with Crippen molar-refractivity contribution >= 4 is 17.8 Å². The van der Waals surface area contributed by atoms with E-state index >= 15 is 0 Å². The number of aliphatic imine (C=N–C) groups is 1. The minimum Gasteiger partial charge on any atom is -0.508 e. The highest BCUT2D eigenvalue weighted by molar-refractivity contribution is 5.91. The lowest BCUT2D eigenvalue weighted by Crippen LogP contribution is -2.63. The second kappa shape index (κ2) is 9.30. The lowest BCUT2D eigenvalue weighted by molar-refractivity contribution is -0.132. The highest BCUT2D eigenvalue weighted by atomic mass is 16.3. The molecule has 0 aromatic heterocycles. The van der Waals surface area contributed by atoms with E-state index in [9.17, 15) is 9.90 Å². The molecule has 1 saturated heterocycles. The monoisotopic (exact) mass is 474 g/mol. The molecule has 1 aliphatic carbocycles. The molecule has 3 heterocycles. The van der Waals surface area contributed by atoms with Gasteiger partial charge in [-0.15, -0.1) is 0 Å². The van der Waals surface area contributed by atoms with E-state index in [0.717, 1.165) is 31.5 Å². The SMILES string of the molecule is CC(C)CC1C2C3C=NC1(C(=O)NCc1ccc(O)cc1)CC3CN2Cc1ccc(N(C)C)cc1. The fourth-order valence-corrected chi connectivity index (χ4v) is 6.62. The molecule has 2 aromatic rings. The largest absolute Gasteiger partial charge is 0.508 e. The molecule has 1 saturated carbocycles. The van der Waals surface area contributed by atoms with Crippen LogP contribution in [0.5, 0.6) is 5.75 Å². The Morgan fingerprint density at radius 3 is 2.49 bits per heavy atom. The number of phenols is 1. The quantitative estimate of drug-likeness (QED) is 0.605. The first-order chi connectivity index (χ1) is 16.8. The number of amides is 1. The van der Waals surface area contributed by atoms with Crippen LogP contribution < -0.4 is 10.2 Å². The smallest absolute Gasteiger partial charge is 0.248 e. The Morgan fingerprint density at radius 2 is 1.83 bits per heavy atom. The summed E-state index contributed by atoms with van der Waals surface area (Å²) in [5.74, 6) is 1.90. The van der Waals surface area contributed by atoms with Crippen LogP contribution in [-0.4, -0.2) is 54.3 Å². The predicted octanol–water partition coefficient (Wildman–Crippen LogP) is 4.08. The number of carbonyl (C=O) groups is 1. The fraction of sp³-hybridized carbons (Fsp3) is 0.517. The van der Waals surface area contributed by atoms with Crippen molar-refractivity contribution in [3.05, 3.63) is 59.7 Å². The topological polar surface area (TPSA) is 68.2 Å². The van der Waals surface area contributed by atoms with Crippen molar-refractivity contribution in [1.29, 1.82) is 0 Å². The van der Waals surface area contributed by atoms with Crippen molar-refractivity contribution in [2.45, 2.75) is 51.4 Å². The molecule has 5 unspecified atom stereocenters. The second-order valence-electron chi connectivity index (χ2n) is 11.3. The Balaban J connectivity index is 1.37. The molecule has 0 spiro atoms. The van der Waals surface area contributed by atoms with Gasteiger partial charge in [-0.2, -0.15) is 0 Å². The Morgan fingerprint density at radius 1 is 1.14 bits per heavy atom. The normalized spacial score (nSPS) is 29.1. The predicted molar refractivity (Wildman–Crippen MR) is 141 cm³/mol. The minimum atomic E-state index is -0.686. The van der Waals surface area contributed by atoms with Crippen molar-refractivity contribution in [2.75, 3.05) is 25.5 Å². The number of carbonyl (C=O) groups excluding carboxylic acids is 1. The van der Waals surface area contributed by atoms with Crippen LogP contribution in [0.25, 0.3) is 0 Å². The molecule has 2 fully saturated rings.